The molecule has 1 aliphatic heterocycles. The Morgan fingerprint density at radius 3 is 2.43 bits per heavy atom. The number of nitrogens with two attached hydrogens (primary N) is 1. The first-order valence-corrected chi connectivity index (χ1v) is 6.50. The second-order valence-corrected chi connectivity index (χ2v) is 4.81. The van der Waals surface area contributed by atoms with Gasteiger partial charge in [-0.15, -0.1) is 0 Å². The summed E-state index contributed by atoms with van der Waals surface area (Å²) in [5, 5.41) is 10.7. The molecule has 1 aliphatic rings. The standard InChI is InChI=1S/C13H16N4O4/c1-2-15-7-13(19)16(8-12(15)18)6-9-3-4-11(17(20)21)10(14)5-9/h3-5H,2,6-8,14H2,1H3. The molecule has 0 spiro atoms. The SMILES string of the molecule is CCN1CC(=O)N(Cc2ccc([N+](=O)[O-])c(N)c2)CC1=O. The maximum atomic E-state index is 12.0. The van der Waals surface area contributed by atoms with Crippen LogP contribution in [-0.4, -0.2) is 46.2 Å². The molecule has 0 atom stereocenters. The Morgan fingerprint density at radius 2 is 1.86 bits per heavy atom. The van der Waals surface area contributed by atoms with E-state index < -0.39 is 4.92 Å². The summed E-state index contributed by atoms with van der Waals surface area (Å²) in [6, 6.07) is 4.31. The van der Waals surface area contributed by atoms with Gasteiger partial charge in [-0.2, -0.15) is 0 Å². The van der Waals surface area contributed by atoms with Gasteiger partial charge in [0.25, 0.3) is 5.69 Å². The van der Waals surface area contributed by atoms with Crippen LogP contribution in [0.2, 0.25) is 0 Å². The van der Waals surface area contributed by atoms with Gasteiger partial charge in [0.1, 0.15) is 12.2 Å². The predicted octanol–water partition coefficient (Wildman–Crippen LogP) is 0.368. The summed E-state index contributed by atoms with van der Waals surface area (Å²) < 4.78 is 0. The van der Waals surface area contributed by atoms with Crippen LogP contribution in [0, 0.1) is 10.1 Å². The van der Waals surface area contributed by atoms with Gasteiger partial charge in [0.05, 0.1) is 11.5 Å². The number of nitrogens with zero attached hydrogens (tertiary/aromatic N) is 3. The lowest BCUT2D eigenvalue weighted by atomic mass is 10.1. The van der Waals surface area contributed by atoms with Gasteiger partial charge in [0.15, 0.2) is 0 Å². The molecule has 0 radical (unpaired) electrons. The molecule has 2 N–H and O–H groups in total. The molecule has 2 amide bonds. The number of hydrogen-bond donors (Lipinski definition) is 1. The largest absolute Gasteiger partial charge is 0.393 e. The monoisotopic (exact) mass is 292 g/mol. The summed E-state index contributed by atoms with van der Waals surface area (Å²) in [6.45, 7) is 2.62. The van der Waals surface area contributed by atoms with E-state index >= 15 is 0 Å². The zero-order valence-corrected chi connectivity index (χ0v) is 11.6. The average molecular weight is 292 g/mol. The number of likely N-dealkylation sites (N-methyl/N-ethyl adjacent to an activating group) is 1. The molecule has 1 saturated heterocycles. The highest BCUT2D eigenvalue weighted by atomic mass is 16.6. The van der Waals surface area contributed by atoms with Crippen molar-refractivity contribution >= 4 is 23.2 Å². The average Bonchev–Trinajstić information content (AvgIpc) is 2.42. The lowest BCUT2D eigenvalue weighted by Crippen LogP contribution is -2.53. The number of nitrogen functional groups attached to an aromatic ring is 1. The highest BCUT2D eigenvalue weighted by molar-refractivity contribution is 5.92. The Labute approximate surface area is 121 Å². The van der Waals surface area contributed by atoms with E-state index in [9.17, 15) is 19.7 Å². The molecule has 0 aliphatic carbocycles. The fourth-order valence-corrected chi connectivity index (χ4v) is 2.22. The second-order valence-electron chi connectivity index (χ2n) is 4.81. The fourth-order valence-electron chi connectivity index (χ4n) is 2.22. The zero-order valence-electron chi connectivity index (χ0n) is 11.6. The normalized spacial score (nSPS) is 15.5. The van der Waals surface area contributed by atoms with Gasteiger partial charge < -0.3 is 15.5 Å². The molecule has 1 fully saturated rings. The molecule has 0 aromatic heterocycles. The zero-order chi connectivity index (χ0) is 15.6. The van der Waals surface area contributed by atoms with Crippen molar-refractivity contribution in [1.82, 2.24) is 9.80 Å². The number of rotatable bonds is 4. The van der Waals surface area contributed by atoms with E-state index in [2.05, 4.69) is 0 Å². The minimum atomic E-state index is -0.562. The molecule has 21 heavy (non-hydrogen) atoms. The maximum absolute atomic E-state index is 12.0. The van der Waals surface area contributed by atoms with Crippen molar-refractivity contribution in [3.8, 4) is 0 Å². The smallest absolute Gasteiger partial charge is 0.292 e. The first kappa shape index (κ1) is 14.8. The number of anilines is 1. The minimum Gasteiger partial charge on any atom is -0.393 e. The first-order valence-electron chi connectivity index (χ1n) is 6.50. The molecule has 2 rings (SSSR count). The van der Waals surface area contributed by atoms with Gasteiger partial charge in [0, 0.05) is 19.2 Å². The molecule has 8 nitrogen and oxygen atoms in total. The van der Waals surface area contributed by atoms with E-state index in [-0.39, 0.29) is 42.8 Å². The summed E-state index contributed by atoms with van der Waals surface area (Å²) in [5.41, 5.74) is 6.14. The predicted molar refractivity (Wildman–Crippen MR) is 75.2 cm³/mol. The molecule has 1 aromatic rings. The molecule has 112 valence electrons. The number of amides is 2. The van der Waals surface area contributed by atoms with Gasteiger partial charge in [0.2, 0.25) is 11.8 Å². The number of nitro groups is 1. The van der Waals surface area contributed by atoms with Gasteiger partial charge >= 0.3 is 0 Å². The van der Waals surface area contributed by atoms with Crippen LogP contribution in [0.5, 0.6) is 0 Å². The van der Waals surface area contributed by atoms with Gasteiger partial charge in [-0.3, -0.25) is 19.7 Å². The number of carbonyl (C=O) groups is 2. The highest BCUT2D eigenvalue weighted by Crippen LogP contribution is 2.23. The number of benzene rings is 1. The molecule has 0 bridgehead atoms. The fraction of sp³-hybridized carbons (Fsp3) is 0.385. The summed E-state index contributed by atoms with van der Waals surface area (Å²) in [6.07, 6.45) is 0. The quantitative estimate of drug-likeness (QED) is 0.489. The van der Waals surface area contributed by atoms with Crippen LogP contribution in [0.15, 0.2) is 18.2 Å². The Balaban J connectivity index is 2.12. The van der Waals surface area contributed by atoms with Crippen LogP contribution >= 0.6 is 0 Å². The van der Waals surface area contributed by atoms with Crippen LogP contribution in [0.4, 0.5) is 11.4 Å². The minimum absolute atomic E-state index is 0.0174. The lowest BCUT2D eigenvalue weighted by Gasteiger charge is -2.33. The van der Waals surface area contributed by atoms with Crippen LogP contribution in [0.1, 0.15) is 12.5 Å². The Bertz CT molecular complexity index is 602. The number of carbonyl (C=O) groups excluding carboxylic acids is 2. The molecule has 8 heteroatoms. The second kappa shape index (κ2) is 5.78. The molecule has 0 unspecified atom stereocenters. The first-order chi connectivity index (χ1) is 9.92. The van der Waals surface area contributed by atoms with Gasteiger partial charge in [-0.1, -0.05) is 6.07 Å². The summed E-state index contributed by atoms with van der Waals surface area (Å²) in [5.74, 6) is -0.250. The van der Waals surface area contributed by atoms with E-state index in [4.69, 9.17) is 5.73 Å². The summed E-state index contributed by atoms with van der Waals surface area (Å²) >= 11 is 0. The van der Waals surface area contributed by atoms with Crippen LogP contribution in [0.3, 0.4) is 0 Å². The Hall–Kier alpha value is -2.64. The van der Waals surface area contributed by atoms with E-state index in [0.29, 0.717) is 12.1 Å². The number of nitro benzene ring substituents is 1. The van der Waals surface area contributed by atoms with Crippen molar-refractivity contribution in [3.63, 3.8) is 0 Å². The van der Waals surface area contributed by atoms with Crippen molar-refractivity contribution in [2.45, 2.75) is 13.5 Å². The molecule has 1 heterocycles. The van der Waals surface area contributed by atoms with Crippen molar-refractivity contribution in [2.75, 3.05) is 25.4 Å². The van der Waals surface area contributed by atoms with Gasteiger partial charge in [-0.25, -0.2) is 0 Å². The van der Waals surface area contributed by atoms with E-state index in [1.165, 1.54) is 21.9 Å². The Morgan fingerprint density at radius 1 is 1.24 bits per heavy atom. The van der Waals surface area contributed by atoms with Crippen molar-refractivity contribution in [1.29, 1.82) is 0 Å². The van der Waals surface area contributed by atoms with E-state index in [1.807, 2.05) is 6.92 Å². The van der Waals surface area contributed by atoms with Crippen molar-refractivity contribution in [3.05, 3.63) is 33.9 Å². The van der Waals surface area contributed by atoms with Crippen molar-refractivity contribution < 1.29 is 14.5 Å². The molecular weight excluding hydrogens is 276 g/mol. The van der Waals surface area contributed by atoms with E-state index in [0.717, 1.165) is 0 Å². The topological polar surface area (TPSA) is 110 Å². The lowest BCUT2D eigenvalue weighted by molar-refractivity contribution is -0.383. The molecule has 0 saturated carbocycles. The van der Waals surface area contributed by atoms with Crippen molar-refractivity contribution in [2.24, 2.45) is 0 Å². The molecular formula is C13H16N4O4. The summed E-state index contributed by atoms with van der Waals surface area (Å²) in [4.78, 5) is 36.8. The summed E-state index contributed by atoms with van der Waals surface area (Å²) in [7, 11) is 0. The van der Waals surface area contributed by atoms with Gasteiger partial charge in [-0.05, 0) is 18.6 Å². The third kappa shape index (κ3) is 3.10. The van der Waals surface area contributed by atoms with E-state index in [1.54, 1.807) is 6.07 Å². The van der Waals surface area contributed by atoms with Crippen LogP contribution in [-0.2, 0) is 16.1 Å². The third-order valence-corrected chi connectivity index (χ3v) is 3.40. The third-order valence-electron chi connectivity index (χ3n) is 3.40. The maximum Gasteiger partial charge on any atom is 0.292 e. The molecule has 1 aromatic carbocycles. The number of hydrogen-bond acceptors (Lipinski definition) is 5. The van der Waals surface area contributed by atoms with Crippen LogP contribution in [0.25, 0.3) is 0 Å². The van der Waals surface area contributed by atoms with Crippen LogP contribution < -0.4 is 5.73 Å². The Kier molecular flexibility index (Phi) is 4.06. The highest BCUT2D eigenvalue weighted by Gasteiger charge is 2.28. The number of piperazine rings is 1.